The van der Waals surface area contributed by atoms with Crippen LogP contribution in [0.25, 0.3) is 0 Å². The highest BCUT2D eigenvalue weighted by molar-refractivity contribution is 6.00. The zero-order valence-electron chi connectivity index (χ0n) is 10.2. The van der Waals surface area contributed by atoms with Crippen LogP contribution in [0.4, 0.5) is 0 Å². The van der Waals surface area contributed by atoms with Crippen LogP contribution in [0.5, 0.6) is 0 Å². The van der Waals surface area contributed by atoms with E-state index in [9.17, 15) is 9.59 Å². The Morgan fingerprint density at radius 2 is 2.00 bits per heavy atom. The first kappa shape index (κ1) is 11.3. The van der Waals surface area contributed by atoms with Gasteiger partial charge in [0.2, 0.25) is 5.91 Å². The molecule has 1 spiro atoms. The van der Waals surface area contributed by atoms with Gasteiger partial charge in [-0.25, -0.2) is 0 Å². The number of likely N-dealkylation sites (tertiary alicyclic amines) is 1. The van der Waals surface area contributed by atoms with Gasteiger partial charge in [-0.1, -0.05) is 18.2 Å². The quantitative estimate of drug-likeness (QED) is 0.806. The predicted molar refractivity (Wildman–Crippen MR) is 67.1 cm³/mol. The summed E-state index contributed by atoms with van der Waals surface area (Å²) in [6, 6.07) is 9.20. The van der Waals surface area contributed by atoms with Crippen molar-refractivity contribution in [2.75, 3.05) is 13.1 Å². The normalized spacial score (nSPS) is 26.7. The Hall–Kier alpha value is -1.84. The molecular formula is C14H16N2O2. The minimum absolute atomic E-state index is 0.0179. The standard InChI is InChI=1S/C14H16N2O2/c17-12(11-5-2-1-3-6-11)16-10-4-7-14(16)8-9-15-13(14)18/h1-3,5-6H,4,7-10H2,(H,15,18)/t14-/m1/s1. The van der Waals surface area contributed by atoms with Crippen LogP contribution >= 0.6 is 0 Å². The van der Waals surface area contributed by atoms with Crippen LogP contribution in [0.2, 0.25) is 0 Å². The van der Waals surface area contributed by atoms with Crippen molar-refractivity contribution in [2.24, 2.45) is 0 Å². The zero-order valence-corrected chi connectivity index (χ0v) is 10.2. The highest BCUT2D eigenvalue weighted by atomic mass is 16.2. The highest BCUT2D eigenvalue weighted by Crippen LogP contribution is 2.36. The molecule has 2 aliphatic rings. The maximum atomic E-state index is 12.5. The van der Waals surface area contributed by atoms with E-state index >= 15 is 0 Å². The Labute approximate surface area is 106 Å². The second-order valence-electron chi connectivity index (χ2n) is 4.96. The summed E-state index contributed by atoms with van der Waals surface area (Å²) >= 11 is 0. The van der Waals surface area contributed by atoms with Gasteiger partial charge in [-0.15, -0.1) is 0 Å². The lowest BCUT2D eigenvalue weighted by Gasteiger charge is -2.32. The third-order valence-corrected chi connectivity index (χ3v) is 4.00. The molecule has 2 fully saturated rings. The average Bonchev–Trinajstić information content (AvgIpc) is 2.99. The van der Waals surface area contributed by atoms with E-state index in [2.05, 4.69) is 5.32 Å². The molecule has 18 heavy (non-hydrogen) atoms. The SMILES string of the molecule is O=C(c1ccccc1)N1CCC[C@]12CCNC2=O. The molecule has 3 rings (SSSR count). The molecule has 4 nitrogen and oxygen atoms in total. The van der Waals surface area contributed by atoms with Crippen molar-refractivity contribution in [1.29, 1.82) is 0 Å². The smallest absolute Gasteiger partial charge is 0.254 e. The van der Waals surface area contributed by atoms with Crippen molar-refractivity contribution in [3.05, 3.63) is 35.9 Å². The Morgan fingerprint density at radius 1 is 1.22 bits per heavy atom. The Balaban J connectivity index is 1.92. The number of nitrogens with one attached hydrogen (secondary N) is 1. The van der Waals surface area contributed by atoms with E-state index in [0.29, 0.717) is 18.7 Å². The van der Waals surface area contributed by atoms with E-state index in [4.69, 9.17) is 0 Å². The van der Waals surface area contributed by atoms with Crippen molar-refractivity contribution in [2.45, 2.75) is 24.8 Å². The van der Waals surface area contributed by atoms with Gasteiger partial charge < -0.3 is 10.2 Å². The molecule has 2 saturated heterocycles. The number of hydrogen-bond acceptors (Lipinski definition) is 2. The van der Waals surface area contributed by atoms with Crippen LogP contribution in [0.3, 0.4) is 0 Å². The van der Waals surface area contributed by atoms with E-state index in [1.807, 2.05) is 18.2 Å². The molecule has 0 unspecified atom stereocenters. The first-order valence-electron chi connectivity index (χ1n) is 6.39. The van der Waals surface area contributed by atoms with E-state index in [1.54, 1.807) is 17.0 Å². The number of hydrogen-bond donors (Lipinski definition) is 1. The molecule has 1 N–H and O–H groups in total. The molecule has 0 aromatic heterocycles. The first-order valence-corrected chi connectivity index (χ1v) is 6.39. The van der Waals surface area contributed by atoms with Gasteiger partial charge in [0.25, 0.3) is 5.91 Å². The molecule has 1 aromatic rings. The van der Waals surface area contributed by atoms with E-state index in [0.717, 1.165) is 19.3 Å². The van der Waals surface area contributed by atoms with Gasteiger partial charge in [0.1, 0.15) is 5.54 Å². The largest absolute Gasteiger partial charge is 0.354 e. The summed E-state index contributed by atoms with van der Waals surface area (Å²) in [5.74, 6) is -0.00516. The molecule has 0 aliphatic carbocycles. The van der Waals surface area contributed by atoms with E-state index in [-0.39, 0.29) is 11.8 Å². The summed E-state index contributed by atoms with van der Waals surface area (Å²) in [5.41, 5.74) is 0.0888. The molecular weight excluding hydrogens is 228 g/mol. The van der Waals surface area contributed by atoms with Gasteiger partial charge in [0, 0.05) is 18.7 Å². The van der Waals surface area contributed by atoms with Gasteiger partial charge in [0.05, 0.1) is 0 Å². The van der Waals surface area contributed by atoms with Gasteiger partial charge in [-0.05, 0) is 31.4 Å². The first-order chi connectivity index (χ1) is 8.74. The summed E-state index contributed by atoms with van der Waals surface area (Å²) in [7, 11) is 0. The van der Waals surface area contributed by atoms with Crippen molar-refractivity contribution in [3.8, 4) is 0 Å². The van der Waals surface area contributed by atoms with Crippen LogP contribution < -0.4 is 5.32 Å². The average molecular weight is 244 g/mol. The molecule has 4 heteroatoms. The van der Waals surface area contributed by atoms with Gasteiger partial charge in [0.15, 0.2) is 0 Å². The van der Waals surface area contributed by atoms with Gasteiger partial charge >= 0.3 is 0 Å². The maximum absolute atomic E-state index is 12.5. The van der Waals surface area contributed by atoms with Crippen molar-refractivity contribution >= 4 is 11.8 Å². The lowest BCUT2D eigenvalue weighted by atomic mass is 9.94. The molecule has 0 radical (unpaired) electrons. The lowest BCUT2D eigenvalue weighted by molar-refractivity contribution is -0.127. The van der Waals surface area contributed by atoms with Crippen molar-refractivity contribution in [1.82, 2.24) is 10.2 Å². The summed E-state index contributed by atoms with van der Waals surface area (Å²) < 4.78 is 0. The lowest BCUT2D eigenvalue weighted by Crippen LogP contribution is -2.52. The van der Waals surface area contributed by atoms with Crippen LogP contribution in [0.15, 0.2) is 30.3 Å². The molecule has 1 atom stereocenters. The molecule has 94 valence electrons. The second-order valence-corrected chi connectivity index (χ2v) is 4.96. The zero-order chi connectivity index (χ0) is 12.6. The predicted octanol–water partition coefficient (Wildman–Crippen LogP) is 1.18. The number of amides is 2. The van der Waals surface area contributed by atoms with Gasteiger partial charge in [-0.3, -0.25) is 9.59 Å². The summed E-state index contributed by atoms with van der Waals surface area (Å²) in [5, 5.41) is 2.86. The van der Waals surface area contributed by atoms with Crippen molar-refractivity contribution in [3.63, 3.8) is 0 Å². The monoisotopic (exact) mass is 244 g/mol. The minimum Gasteiger partial charge on any atom is -0.354 e. The van der Waals surface area contributed by atoms with Crippen LogP contribution in [-0.2, 0) is 4.79 Å². The summed E-state index contributed by atoms with van der Waals surface area (Å²) in [4.78, 5) is 26.3. The molecule has 2 amide bonds. The summed E-state index contributed by atoms with van der Waals surface area (Å²) in [6.07, 6.45) is 2.44. The van der Waals surface area contributed by atoms with Crippen LogP contribution in [-0.4, -0.2) is 35.3 Å². The molecule has 1 aromatic carbocycles. The van der Waals surface area contributed by atoms with Crippen LogP contribution in [0.1, 0.15) is 29.6 Å². The number of carbonyl (C=O) groups is 2. The Kier molecular flexibility index (Phi) is 2.58. The minimum atomic E-state index is -0.576. The topological polar surface area (TPSA) is 49.4 Å². The fraction of sp³-hybridized carbons (Fsp3) is 0.429. The molecule has 2 heterocycles. The Morgan fingerprint density at radius 3 is 2.67 bits per heavy atom. The maximum Gasteiger partial charge on any atom is 0.254 e. The fourth-order valence-corrected chi connectivity index (χ4v) is 3.07. The Bertz CT molecular complexity index is 482. The molecule has 0 bridgehead atoms. The molecule has 0 saturated carbocycles. The van der Waals surface area contributed by atoms with Crippen molar-refractivity contribution < 1.29 is 9.59 Å². The highest BCUT2D eigenvalue weighted by Gasteiger charge is 2.52. The second kappa shape index (κ2) is 4.12. The summed E-state index contributed by atoms with van der Waals surface area (Å²) in [6.45, 7) is 1.36. The van der Waals surface area contributed by atoms with E-state index in [1.165, 1.54) is 0 Å². The van der Waals surface area contributed by atoms with E-state index < -0.39 is 5.54 Å². The van der Waals surface area contributed by atoms with Crippen LogP contribution in [0, 0.1) is 0 Å². The fourth-order valence-electron chi connectivity index (χ4n) is 3.07. The number of carbonyl (C=O) groups excluding carboxylic acids is 2. The number of rotatable bonds is 1. The van der Waals surface area contributed by atoms with Gasteiger partial charge in [-0.2, -0.15) is 0 Å². The number of nitrogens with zero attached hydrogens (tertiary/aromatic N) is 1. The molecule has 2 aliphatic heterocycles. The third kappa shape index (κ3) is 1.52. The third-order valence-electron chi connectivity index (χ3n) is 4.00. The number of benzene rings is 1.